The molecule has 1 aromatic heterocycles. The zero-order chi connectivity index (χ0) is 21.9. The molecule has 0 unspecified atom stereocenters. The van der Waals surface area contributed by atoms with Crippen molar-refractivity contribution in [3.8, 4) is 11.3 Å². The average molecular weight is 417 g/mol. The van der Waals surface area contributed by atoms with Gasteiger partial charge < -0.3 is 5.32 Å². The number of para-hydroxylation sites is 1. The summed E-state index contributed by atoms with van der Waals surface area (Å²) in [6.07, 6.45) is 11.5. The maximum absolute atomic E-state index is 13.0. The number of carbonyl (C=O) groups is 1. The first-order chi connectivity index (χ1) is 15.2. The van der Waals surface area contributed by atoms with E-state index in [0.717, 1.165) is 40.7 Å². The zero-order valence-electron chi connectivity index (χ0n) is 19.1. The van der Waals surface area contributed by atoms with Crippen LogP contribution in [0, 0.1) is 6.92 Å². The third-order valence-corrected chi connectivity index (χ3v) is 5.95. The number of unbranched alkanes of at least 4 members (excludes halogenated alkanes) is 8. The maximum Gasteiger partial charge on any atom is 0.252 e. The number of fused-ring (bicyclic) bond motifs is 1. The first-order valence-corrected chi connectivity index (χ1v) is 11.9. The third kappa shape index (κ3) is 6.65. The quantitative estimate of drug-likeness (QED) is 0.311. The van der Waals surface area contributed by atoms with Gasteiger partial charge in [0.05, 0.1) is 16.8 Å². The molecule has 3 aromatic rings. The largest absolute Gasteiger partial charge is 0.352 e. The summed E-state index contributed by atoms with van der Waals surface area (Å²) in [4.78, 5) is 17.8. The van der Waals surface area contributed by atoms with Crippen molar-refractivity contribution in [2.24, 2.45) is 0 Å². The van der Waals surface area contributed by atoms with Crippen LogP contribution in [0.25, 0.3) is 22.2 Å². The molecule has 1 heterocycles. The minimum atomic E-state index is -0.00648. The second kappa shape index (κ2) is 12.2. The third-order valence-electron chi connectivity index (χ3n) is 5.95. The monoisotopic (exact) mass is 416 g/mol. The Morgan fingerprint density at radius 1 is 0.839 bits per heavy atom. The molecule has 1 N–H and O–H groups in total. The van der Waals surface area contributed by atoms with Gasteiger partial charge >= 0.3 is 0 Å². The molecule has 31 heavy (non-hydrogen) atoms. The first kappa shape index (κ1) is 23.0. The van der Waals surface area contributed by atoms with Crippen LogP contribution in [0.5, 0.6) is 0 Å². The van der Waals surface area contributed by atoms with Gasteiger partial charge in [-0.2, -0.15) is 0 Å². The first-order valence-electron chi connectivity index (χ1n) is 11.9. The van der Waals surface area contributed by atoms with Gasteiger partial charge in [-0.3, -0.25) is 4.79 Å². The molecular weight excluding hydrogens is 380 g/mol. The van der Waals surface area contributed by atoms with E-state index in [2.05, 4.69) is 31.3 Å². The van der Waals surface area contributed by atoms with Crippen molar-refractivity contribution >= 4 is 16.8 Å². The second-order valence-electron chi connectivity index (χ2n) is 8.47. The molecule has 164 valence electrons. The van der Waals surface area contributed by atoms with E-state index in [1.807, 2.05) is 42.5 Å². The van der Waals surface area contributed by atoms with E-state index >= 15 is 0 Å². The van der Waals surface area contributed by atoms with E-state index in [1.54, 1.807) is 0 Å². The summed E-state index contributed by atoms with van der Waals surface area (Å²) < 4.78 is 0. The second-order valence-corrected chi connectivity index (χ2v) is 8.47. The van der Waals surface area contributed by atoms with Crippen LogP contribution in [-0.4, -0.2) is 17.4 Å². The summed E-state index contributed by atoms with van der Waals surface area (Å²) >= 11 is 0. The van der Waals surface area contributed by atoms with Gasteiger partial charge in [0.1, 0.15) is 0 Å². The summed E-state index contributed by atoms with van der Waals surface area (Å²) in [5.41, 5.74) is 4.65. The van der Waals surface area contributed by atoms with Crippen molar-refractivity contribution in [1.29, 1.82) is 0 Å². The Morgan fingerprint density at radius 3 is 2.23 bits per heavy atom. The van der Waals surface area contributed by atoms with Crippen LogP contribution < -0.4 is 5.32 Å². The van der Waals surface area contributed by atoms with Crippen molar-refractivity contribution in [2.75, 3.05) is 6.54 Å². The number of aryl methyl sites for hydroxylation is 1. The Balaban J connectivity index is 1.59. The van der Waals surface area contributed by atoms with Crippen LogP contribution in [0.3, 0.4) is 0 Å². The smallest absolute Gasteiger partial charge is 0.252 e. The predicted molar refractivity (Wildman–Crippen MR) is 131 cm³/mol. The fourth-order valence-electron chi connectivity index (χ4n) is 4.09. The van der Waals surface area contributed by atoms with Crippen LogP contribution >= 0.6 is 0 Å². The number of nitrogens with zero attached hydrogens (tertiary/aromatic N) is 1. The highest BCUT2D eigenvalue weighted by Gasteiger charge is 2.14. The van der Waals surface area contributed by atoms with E-state index in [9.17, 15) is 4.79 Å². The molecule has 3 nitrogen and oxygen atoms in total. The normalized spacial score (nSPS) is 11.0. The lowest BCUT2D eigenvalue weighted by atomic mass is 10.0. The molecule has 0 fully saturated rings. The fraction of sp³-hybridized carbons (Fsp3) is 0.429. The molecular formula is C28H36N2O. The van der Waals surface area contributed by atoms with Crippen LogP contribution in [-0.2, 0) is 0 Å². The molecule has 0 aliphatic carbocycles. The summed E-state index contributed by atoms with van der Waals surface area (Å²) in [7, 11) is 0. The van der Waals surface area contributed by atoms with Crippen LogP contribution in [0.2, 0.25) is 0 Å². The number of pyridine rings is 1. The van der Waals surface area contributed by atoms with E-state index < -0.39 is 0 Å². The van der Waals surface area contributed by atoms with E-state index in [0.29, 0.717) is 5.56 Å². The number of hydrogen-bond donors (Lipinski definition) is 1. The lowest BCUT2D eigenvalue weighted by Gasteiger charge is -2.12. The van der Waals surface area contributed by atoms with Gasteiger partial charge in [0.15, 0.2) is 0 Å². The molecule has 2 aromatic carbocycles. The highest BCUT2D eigenvalue weighted by molar-refractivity contribution is 6.07. The molecule has 3 rings (SSSR count). The number of amides is 1. The molecule has 0 aliphatic heterocycles. The minimum absolute atomic E-state index is 0.00648. The number of hydrogen-bond acceptors (Lipinski definition) is 2. The highest BCUT2D eigenvalue weighted by atomic mass is 16.1. The molecule has 0 saturated carbocycles. The van der Waals surface area contributed by atoms with Crippen LogP contribution in [0.4, 0.5) is 0 Å². The molecule has 0 bridgehead atoms. The molecule has 0 atom stereocenters. The molecule has 0 spiro atoms. The van der Waals surface area contributed by atoms with Crippen LogP contribution in [0.1, 0.15) is 80.6 Å². The molecule has 0 radical (unpaired) electrons. The number of carbonyl (C=O) groups excluding carboxylic acids is 1. The van der Waals surface area contributed by atoms with Gasteiger partial charge in [-0.25, -0.2) is 4.98 Å². The Morgan fingerprint density at radius 2 is 1.48 bits per heavy atom. The number of rotatable bonds is 12. The number of aromatic nitrogens is 1. The lowest BCUT2D eigenvalue weighted by molar-refractivity contribution is 0.0954. The SMILES string of the molecule is CCCCCCCCCCCNC(=O)c1cc(-c2ccccc2C)nc2ccccc12. The molecule has 3 heteroatoms. The van der Waals surface area contributed by atoms with Gasteiger partial charge in [0.25, 0.3) is 5.91 Å². The summed E-state index contributed by atoms with van der Waals surface area (Å²) in [6.45, 7) is 5.06. The molecule has 1 amide bonds. The number of benzene rings is 2. The summed E-state index contributed by atoms with van der Waals surface area (Å²) in [5.74, 6) is -0.00648. The van der Waals surface area contributed by atoms with Gasteiger partial charge in [0, 0.05) is 17.5 Å². The van der Waals surface area contributed by atoms with E-state index in [4.69, 9.17) is 4.98 Å². The highest BCUT2D eigenvalue weighted by Crippen LogP contribution is 2.27. The minimum Gasteiger partial charge on any atom is -0.352 e. The summed E-state index contributed by atoms with van der Waals surface area (Å²) in [5, 5.41) is 4.04. The van der Waals surface area contributed by atoms with E-state index in [1.165, 1.54) is 51.4 Å². The van der Waals surface area contributed by atoms with Crippen molar-refractivity contribution < 1.29 is 4.79 Å². The Labute approximate surface area is 187 Å². The Kier molecular flexibility index (Phi) is 9.08. The van der Waals surface area contributed by atoms with E-state index in [-0.39, 0.29) is 5.91 Å². The zero-order valence-corrected chi connectivity index (χ0v) is 19.1. The standard InChI is InChI=1S/C28H36N2O/c1-3-4-5-6-7-8-9-10-15-20-29-28(31)25-21-27(23-17-12-11-16-22(23)2)30-26-19-14-13-18-24(25)26/h11-14,16-19,21H,3-10,15,20H2,1-2H3,(H,29,31). The summed E-state index contributed by atoms with van der Waals surface area (Å²) in [6, 6.07) is 18.0. The van der Waals surface area contributed by atoms with Gasteiger partial charge in [-0.1, -0.05) is 101 Å². The lowest BCUT2D eigenvalue weighted by Crippen LogP contribution is -2.24. The van der Waals surface area contributed by atoms with Crippen LogP contribution in [0.15, 0.2) is 54.6 Å². The Hall–Kier alpha value is -2.68. The maximum atomic E-state index is 13.0. The molecule has 0 aliphatic rings. The molecule has 0 saturated heterocycles. The van der Waals surface area contributed by atoms with Gasteiger partial charge in [0.2, 0.25) is 0 Å². The average Bonchev–Trinajstić information content (AvgIpc) is 2.79. The fourth-order valence-corrected chi connectivity index (χ4v) is 4.09. The Bertz CT molecular complexity index is 980. The topological polar surface area (TPSA) is 42.0 Å². The van der Waals surface area contributed by atoms with Crippen molar-refractivity contribution in [3.63, 3.8) is 0 Å². The van der Waals surface area contributed by atoms with Crippen molar-refractivity contribution in [3.05, 3.63) is 65.7 Å². The predicted octanol–water partition coefficient (Wildman–Crippen LogP) is 7.47. The van der Waals surface area contributed by atoms with Gasteiger partial charge in [-0.15, -0.1) is 0 Å². The van der Waals surface area contributed by atoms with Crippen molar-refractivity contribution in [2.45, 2.75) is 71.6 Å². The van der Waals surface area contributed by atoms with Crippen molar-refractivity contribution in [1.82, 2.24) is 10.3 Å². The number of nitrogens with one attached hydrogen (secondary N) is 1. The van der Waals surface area contributed by atoms with Gasteiger partial charge in [-0.05, 0) is 31.0 Å².